The normalized spacial score (nSPS) is 20.2. The SMILES string of the molecule is CNC1CCN(C)CC1.Cl.Cl. The number of likely N-dealkylation sites (tertiary alicyclic amines) is 1. The van der Waals surface area contributed by atoms with Crippen LogP contribution in [0.4, 0.5) is 0 Å². The lowest BCUT2D eigenvalue weighted by molar-refractivity contribution is 0.240. The van der Waals surface area contributed by atoms with E-state index in [1.54, 1.807) is 0 Å². The van der Waals surface area contributed by atoms with Crippen LogP contribution < -0.4 is 5.32 Å². The van der Waals surface area contributed by atoms with E-state index in [2.05, 4.69) is 24.3 Å². The molecule has 0 aliphatic carbocycles. The molecular weight excluding hydrogens is 183 g/mol. The molecule has 0 aromatic carbocycles. The first-order valence-electron chi connectivity index (χ1n) is 3.68. The minimum atomic E-state index is 0. The molecule has 1 rings (SSSR count). The van der Waals surface area contributed by atoms with Gasteiger partial charge in [-0.15, -0.1) is 24.8 Å². The summed E-state index contributed by atoms with van der Waals surface area (Å²) in [5.41, 5.74) is 0. The van der Waals surface area contributed by atoms with E-state index in [1.807, 2.05) is 0 Å². The van der Waals surface area contributed by atoms with Crippen LogP contribution >= 0.6 is 24.8 Å². The average Bonchev–Trinajstić information content (AvgIpc) is 1.90. The predicted octanol–water partition coefficient (Wildman–Crippen LogP) is 1.14. The van der Waals surface area contributed by atoms with Crippen LogP contribution in [0.15, 0.2) is 0 Å². The predicted molar refractivity (Wildman–Crippen MR) is 54.1 cm³/mol. The summed E-state index contributed by atoms with van der Waals surface area (Å²) in [5.74, 6) is 0. The fourth-order valence-corrected chi connectivity index (χ4v) is 1.30. The van der Waals surface area contributed by atoms with E-state index >= 15 is 0 Å². The van der Waals surface area contributed by atoms with Gasteiger partial charge in [0.1, 0.15) is 0 Å². The average molecular weight is 201 g/mol. The van der Waals surface area contributed by atoms with Gasteiger partial charge in [-0.25, -0.2) is 0 Å². The number of piperidine rings is 1. The molecule has 0 amide bonds. The minimum Gasteiger partial charge on any atom is -0.317 e. The van der Waals surface area contributed by atoms with Crippen molar-refractivity contribution in [3.05, 3.63) is 0 Å². The first-order chi connectivity index (χ1) is 4.33. The molecule has 1 N–H and O–H groups in total. The van der Waals surface area contributed by atoms with Crippen molar-refractivity contribution >= 4 is 24.8 Å². The number of nitrogens with one attached hydrogen (secondary N) is 1. The Kier molecular flexibility index (Phi) is 9.15. The van der Waals surface area contributed by atoms with Crippen molar-refractivity contribution in [1.29, 1.82) is 0 Å². The molecule has 0 spiro atoms. The maximum atomic E-state index is 3.30. The number of hydrogen-bond acceptors (Lipinski definition) is 2. The van der Waals surface area contributed by atoms with Crippen molar-refractivity contribution in [2.45, 2.75) is 18.9 Å². The van der Waals surface area contributed by atoms with Gasteiger partial charge in [-0.3, -0.25) is 0 Å². The maximum absolute atomic E-state index is 3.30. The lowest BCUT2D eigenvalue weighted by Crippen LogP contribution is -2.39. The van der Waals surface area contributed by atoms with E-state index in [0.717, 1.165) is 6.04 Å². The second-order valence-electron chi connectivity index (χ2n) is 2.87. The van der Waals surface area contributed by atoms with Crippen LogP contribution in [0.2, 0.25) is 0 Å². The Morgan fingerprint density at radius 2 is 1.64 bits per heavy atom. The summed E-state index contributed by atoms with van der Waals surface area (Å²) < 4.78 is 0. The van der Waals surface area contributed by atoms with Gasteiger partial charge < -0.3 is 10.2 Å². The second-order valence-corrected chi connectivity index (χ2v) is 2.87. The third-order valence-electron chi connectivity index (χ3n) is 2.13. The number of nitrogens with zero attached hydrogens (tertiary/aromatic N) is 1. The number of halogens is 2. The van der Waals surface area contributed by atoms with Gasteiger partial charge in [0.2, 0.25) is 0 Å². The van der Waals surface area contributed by atoms with Gasteiger partial charge >= 0.3 is 0 Å². The third kappa shape index (κ3) is 4.86. The first-order valence-corrected chi connectivity index (χ1v) is 3.68. The highest BCUT2D eigenvalue weighted by molar-refractivity contribution is 5.85. The lowest BCUT2D eigenvalue weighted by atomic mass is 10.1. The molecule has 4 heteroatoms. The van der Waals surface area contributed by atoms with Gasteiger partial charge in [-0.2, -0.15) is 0 Å². The summed E-state index contributed by atoms with van der Waals surface area (Å²) in [7, 11) is 4.24. The Balaban J connectivity index is 0. The largest absolute Gasteiger partial charge is 0.317 e. The highest BCUT2D eigenvalue weighted by Crippen LogP contribution is 2.06. The second kappa shape index (κ2) is 7.17. The van der Waals surface area contributed by atoms with E-state index in [1.165, 1.54) is 25.9 Å². The molecule has 11 heavy (non-hydrogen) atoms. The zero-order chi connectivity index (χ0) is 6.69. The Morgan fingerprint density at radius 1 is 1.18 bits per heavy atom. The Hall–Kier alpha value is 0.500. The molecule has 0 aromatic rings. The van der Waals surface area contributed by atoms with Crippen molar-refractivity contribution in [3.8, 4) is 0 Å². The molecule has 0 aromatic heterocycles. The molecule has 1 saturated heterocycles. The molecular formula is C7H18Cl2N2. The molecule has 0 radical (unpaired) electrons. The molecule has 1 aliphatic rings. The molecule has 0 atom stereocenters. The molecule has 0 unspecified atom stereocenters. The van der Waals surface area contributed by atoms with E-state index in [0.29, 0.717) is 0 Å². The Bertz CT molecular complexity index is 82.5. The van der Waals surface area contributed by atoms with Gasteiger partial charge in [0.05, 0.1) is 0 Å². The van der Waals surface area contributed by atoms with Crippen molar-refractivity contribution in [3.63, 3.8) is 0 Å². The summed E-state index contributed by atoms with van der Waals surface area (Å²) >= 11 is 0. The Morgan fingerprint density at radius 3 is 2.00 bits per heavy atom. The fraction of sp³-hybridized carbons (Fsp3) is 1.00. The van der Waals surface area contributed by atoms with Gasteiger partial charge in [0, 0.05) is 6.04 Å². The van der Waals surface area contributed by atoms with Crippen LogP contribution in [0.3, 0.4) is 0 Å². The van der Waals surface area contributed by atoms with Crippen LogP contribution in [-0.4, -0.2) is 38.1 Å². The van der Waals surface area contributed by atoms with Crippen LogP contribution in [0.1, 0.15) is 12.8 Å². The molecule has 2 nitrogen and oxygen atoms in total. The smallest absolute Gasteiger partial charge is 0.00884 e. The standard InChI is InChI=1S/C7H16N2.2ClH/c1-8-7-3-5-9(2)6-4-7;;/h7-8H,3-6H2,1-2H3;2*1H. The molecule has 70 valence electrons. The van der Waals surface area contributed by atoms with Gasteiger partial charge in [-0.05, 0) is 40.0 Å². The minimum absolute atomic E-state index is 0. The molecule has 1 aliphatic heterocycles. The van der Waals surface area contributed by atoms with Crippen molar-refractivity contribution in [2.75, 3.05) is 27.2 Å². The Labute approximate surface area is 81.5 Å². The molecule has 1 fully saturated rings. The van der Waals surface area contributed by atoms with E-state index in [4.69, 9.17) is 0 Å². The van der Waals surface area contributed by atoms with E-state index in [9.17, 15) is 0 Å². The zero-order valence-electron chi connectivity index (χ0n) is 7.17. The molecule has 0 saturated carbocycles. The lowest BCUT2D eigenvalue weighted by Gasteiger charge is -2.28. The quantitative estimate of drug-likeness (QED) is 0.684. The highest BCUT2D eigenvalue weighted by atomic mass is 35.5. The summed E-state index contributed by atoms with van der Waals surface area (Å²) in [6.45, 7) is 2.51. The van der Waals surface area contributed by atoms with Crippen LogP contribution in [0.25, 0.3) is 0 Å². The highest BCUT2D eigenvalue weighted by Gasteiger charge is 2.13. The molecule has 1 heterocycles. The number of rotatable bonds is 1. The molecule has 0 bridgehead atoms. The van der Waals surface area contributed by atoms with Crippen LogP contribution in [0, 0.1) is 0 Å². The van der Waals surface area contributed by atoms with Gasteiger partial charge in [0.15, 0.2) is 0 Å². The van der Waals surface area contributed by atoms with Gasteiger partial charge in [-0.1, -0.05) is 0 Å². The summed E-state index contributed by atoms with van der Waals surface area (Å²) in [6, 6.07) is 0.779. The van der Waals surface area contributed by atoms with Crippen LogP contribution in [-0.2, 0) is 0 Å². The fourth-order valence-electron chi connectivity index (χ4n) is 1.30. The summed E-state index contributed by atoms with van der Waals surface area (Å²) in [5, 5.41) is 3.30. The van der Waals surface area contributed by atoms with Crippen molar-refractivity contribution in [2.24, 2.45) is 0 Å². The van der Waals surface area contributed by atoms with Gasteiger partial charge in [0.25, 0.3) is 0 Å². The maximum Gasteiger partial charge on any atom is 0.00884 e. The summed E-state index contributed by atoms with van der Waals surface area (Å²) in [4.78, 5) is 2.38. The van der Waals surface area contributed by atoms with E-state index < -0.39 is 0 Å². The monoisotopic (exact) mass is 200 g/mol. The van der Waals surface area contributed by atoms with Crippen LogP contribution in [0.5, 0.6) is 0 Å². The number of hydrogen-bond donors (Lipinski definition) is 1. The van der Waals surface area contributed by atoms with Crippen molar-refractivity contribution < 1.29 is 0 Å². The van der Waals surface area contributed by atoms with E-state index in [-0.39, 0.29) is 24.8 Å². The zero-order valence-corrected chi connectivity index (χ0v) is 8.80. The summed E-state index contributed by atoms with van der Waals surface area (Å²) in [6.07, 6.45) is 2.62. The van der Waals surface area contributed by atoms with Crippen molar-refractivity contribution in [1.82, 2.24) is 10.2 Å². The topological polar surface area (TPSA) is 15.3 Å². The third-order valence-corrected chi connectivity index (χ3v) is 2.13. The first kappa shape index (κ1) is 14.0.